The molecule has 96 valence electrons. The number of ether oxygens (including phenoxy) is 1. The van der Waals surface area contributed by atoms with E-state index in [1.807, 2.05) is 0 Å². The van der Waals surface area contributed by atoms with Crippen LogP contribution in [0.2, 0.25) is 0 Å². The van der Waals surface area contributed by atoms with E-state index in [1.165, 1.54) is 6.07 Å². The molecule has 0 aliphatic rings. The van der Waals surface area contributed by atoms with Crippen LogP contribution in [0.3, 0.4) is 0 Å². The quantitative estimate of drug-likeness (QED) is 0.709. The van der Waals surface area contributed by atoms with Crippen molar-refractivity contribution < 1.29 is 14.9 Å². The van der Waals surface area contributed by atoms with Crippen LogP contribution in [-0.2, 0) is 11.3 Å². The lowest BCUT2D eigenvalue weighted by atomic mass is 10.0. The molecule has 1 rings (SSSR count). The van der Waals surface area contributed by atoms with E-state index in [0.717, 1.165) is 5.56 Å². The third kappa shape index (κ3) is 4.24. The van der Waals surface area contributed by atoms with Gasteiger partial charge < -0.3 is 20.3 Å². The molecule has 0 aromatic heterocycles. The molecule has 0 aliphatic heterocycles. The first-order valence-corrected chi connectivity index (χ1v) is 5.77. The number of hydrogen-bond acceptors (Lipinski definition) is 4. The maximum atomic E-state index is 9.64. The van der Waals surface area contributed by atoms with E-state index in [0.29, 0.717) is 19.1 Å². The first kappa shape index (κ1) is 13.8. The van der Waals surface area contributed by atoms with E-state index in [2.05, 4.69) is 19.2 Å². The Morgan fingerprint density at radius 1 is 1.29 bits per heavy atom. The minimum absolute atomic E-state index is 0.0727. The fourth-order valence-corrected chi connectivity index (χ4v) is 1.61. The van der Waals surface area contributed by atoms with Crippen molar-refractivity contribution in [3.63, 3.8) is 0 Å². The maximum absolute atomic E-state index is 9.64. The summed E-state index contributed by atoms with van der Waals surface area (Å²) >= 11 is 0. The SMILES string of the molecule is COCC(NCc1ccc(O)cc1O)C(C)C. The molecule has 0 fully saturated rings. The molecule has 1 aromatic carbocycles. The summed E-state index contributed by atoms with van der Waals surface area (Å²) in [6.07, 6.45) is 0. The van der Waals surface area contributed by atoms with Crippen LogP contribution in [0.1, 0.15) is 19.4 Å². The van der Waals surface area contributed by atoms with Crippen LogP contribution in [0.5, 0.6) is 11.5 Å². The van der Waals surface area contributed by atoms with Gasteiger partial charge in [0.05, 0.1) is 6.61 Å². The molecule has 1 unspecified atom stereocenters. The van der Waals surface area contributed by atoms with Gasteiger partial charge in [0.25, 0.3) is 0 Å². The Labute approximate surface area is 102 Å². The number of benzene rings is 1. The molecule has 0 radical (unpaired) electrons. The Hall–Kier alpha value is -1.26. The fourth-order valence-electron chi connectivity index (χ4n) is 1.61. The molecule has 1 aromatic rings. The molecular weight excluding hydrogens is 218 g/mol. The average Bonchev–Trinajstić information content (AvgIpc) is 2.25. The monoisotopic (exact) mass is 239 g/mol. The van der Waals surface area contributed by atoms with Gasteiger partial charge in [-0.3, -0.25) is 0 Å². The summed E-state index contributed by atoms with van der Waals surface area (Å²) in [6, 6.07) is 4.87. The third-order valence-electron chi connectivity index (χ3n) is 2.77. The van der Waals surface area contributed by atoms with E-state index in [-0.39, 0.29) is 17.5 Å². The van der Waals surface area contributed by atoms with Gasteiger partial charge in [0.2, 0.25) is 0 Å². The van der Waals surface area contributed by atoms with Crippen molar-refractivity contribution in [2.45, 2.75) is 26.4 Å². The van der Waals surface area contributed by atoms with Gasteiger partial charge in [-0.05, 0) is 12.0 Å². The second-order valence-electron chi connectivity index (χ2n) is 4.50. The molecule has 0 amide bonds. The molecular formula is C13H21NO3. The van der Waals surface area contributed by atoms with Crippen molar-refractivity contribution in [3.8, 4) is 11.5 Å². The summed E-state index contributed by atoms with van der Waals surface area (Å²) in [5, 5.41) is 22.2. The summed E-state index contributed by atoms with van der Waals surface area (Å²) in [5.41, 5.74) is 0.768. The summed E-state index contributed by atoms with van der Waals surface area (Å²) in [7, 11) is 1.68. The predicted molar refractivity (Wildman–Crippen MR) is 67.1 cm³/mol. The van der Waals surface area contributed by atoms with Gasteiger partial charge in [-0.15, -0.1) is 0 Å². The lowest BCUT2D eigenvalue weighted by molar-refractivity contribution is 0.146. The van der Waals surface area contributed by atoms with E-state index < -0.39 is 0 Å². The average molecular weight is 239 g/mol. The standard InChI is InChI=1S/C13H21NO3/c1-9(2)12(8-17-3)14-7-10-4-5-11(15)6-13(10)16/h4-6,9,12,14-16H,7-8H2,1-3H3. The lowest BCUT2D eigenvalue weighted by Gasteiger charge is -2.21. The summed E-state index contributed by atoms with van der Waals surface area (Å²) < 4.78 is 5.14. The zero-order valence-electron chi connectivity index (χ0n) is 10.6. The van der Waals surface area contributed by atoms with E-state index in [9.17, 15) is 10.2 Å². The zero-order chi connectivity index (χ0) is 12.8. The summed E-state index contributed by atoms with van der Waals surface area (Å²) in [6.45, 7) is 5.43. The Morgan fingerprint density at radius 3 is 2.53 bits per heavy atom. The van der Waals surface area contributed by atoms with Gasteiger partial charge in [-0.2, -0.15) is 0 Å². The van der Waals surface area contributed by atoms with E-state index in [4.69, 9.17) is 4.74 Å². The van der Waals surface area contributed by atoms with Gasteiger partial charge in [0.15, 0.2) is 0 Å². The largest absolute Gasteiger partial charge is 0.508 e. The van der Waals surface area contributed by atoms with Crippen LogP contribution < -0.4 is 5.32 Å². The van der Waals surface area contributed by atoms with Gasteiger partial charge in [-0.1, -0.05) is 19.9 Å². The van der Waals surface area contributed by atoms with Crippen LogP contribution >= 0.6 is 0 Å². The molecule has 3 N–H and O–H groups in total. The van der Waals surface area contributed by atoms with Crippen LogP contribution in [0.25, 0.3) is 0 Å². The highest BCUT2D eigenvalue weighted by molar-refractivity contribution is 5.38. The lowest BCUT2D eigenvalue weighted by Crippen LogP contribution is -2.37. The van der Waals surface area contributed by atoms with E-state index in [1.54, 1.807) is 19.2 Å². The molecule has 0 saturated heterocycles. The first-order chi connectivity index (χ1) is 8.04. The number of aromatic hydroxyl groups is 2. The van der Waals surface area contributed by atoms with Gasteiger partial charge >= 0.3 is 0 Å². The molecule has 0 spiro atoms. The molecule has 0 aliphatic carbocycles. The second-order valence-corrected chi connectivity index (χ2v) is 4.50. The van der Waals surface area contributed by atoms with Crippen molar-refractivity contribution in [2.24, 2.45) is 5.92 Å². The molecule has 1 atom stereocenters. The minimum Gasteiger partial charge on any atom is -0.508 e. The Balaban J connectivity index is 2.59. The normalized spacial score (nSPS) is 12.9. The summed E-state index contributed by atoms with van der Waals surface area (Å²) in [5.74, 6) is 0.634. The minimum atomic E-state index is 0.0727. The highest BCUT2D eigenvalue weighted by atomic mass is 16.5. The van der Waals surface area contributed by atoms with Gasteiger partial charge in [0.1, 0.15) is 11.5 Å². The molecule has 17 heavy (non-hydrogen) atoms. The number of hydrogen-bond donors (Lipinski definition) is 3. The molecule has 0 heterocycles. The van der Waals surface area contributed by atoms with Crippen LogP contribution in [0.15, 0.2) is 18.2 Å². The van der Waals surface area contributed by atoms with Crippen LogP contribution in [-0.4, -0.2) is 30.0 Å². The number of methoxy groups -OCH3 is 1. The van der Waals surface area contributed by atoms with E-state index >= 15 is 0 Å². The van der Waals surface area contributed by atoms with Crippen molar-refractivity contribution in [2.75, 3.05) is 13.7 Å². The predicted octanol–water partition coefficient (Wildman–Crippen LogP) is 1.86. The highest BCUT2D eigenvalue weighted by Gasteiger charge is 2.13. The van der Waals surface area contributed by atoms with Crippen LogP contribution in [0, 0.1) is 5.92 Å². The topological polar surface area (TPSA) is 61.7 Å². The number of phenolic OH excluding ortho intramolecular Hbond substituents is 2. The summed E-state index contributed by atoms with van der Waals surface area (Å²) in [4.78, 5) is 0. The third-order valence-corrected chi connectivity index (χ3v) is 2.77. The highest BCUT2D eigenvalue weighted by Crippen LogP contribution is 2.22. The van der Waals surface area contributed by atoms with Crippen molar-refractivity contribution in [1.82, 2.24) is 5.32 Å². The smallest absolute Gasteiger partial charge is 0.123 e. The number of rotatable bonds is 6. The Morgan fingerprint density at radius 2 is 2.00 bits per heavy atom. The van der Waals surface area contributed by atoms with Gasteiger partial charge in [0, 0.05) is 31.3 Å². The molecule has 0 bridgehead atoms. The maximum Gasteiger partial charge on any atom is 0.123 e. The van der Waals surface area contributed by atoms with Crippen molar-refractivity contribution in [3.05, 3.63) is 23.8 Å². The molecule has 4 nitrogen and oxygen atoms in total. The zero-order valence-corrected chi connectivity index (χ0v) is 10.6. The van der Waals surface area contributed by atoms with Crippen LogP contribution in [0.4, 0.5) is 0 Å². The molecule has 4 heteroatoms. The number of phenols is 2. The Kier molecular flexibility index (Phi) is 5.25. The van der Waals surface area contributed by atoms with Gasteiger partial charge in [-0.25, -0.2) is 0 Å². The van der Waals surface area contributed by atoms with Crippen molar-refractivity contribution in [1.29, 1.82) is 0 Å². The Bertz CT molecular complexity index is 353. The first-order valence-electron chi connectivity index (χ1n) is 5.77. The molecule has 0 saturated carbocycles. The second kappa shape index (κ2) is 6.47. The number of nitrogens with one attached hydrogen (secondary N) is 1. The van der Waals surface area contributed by atoms with Crippen molar-refractivity contribution >= 4 is 0 Å². The fraction of sp³-hybridized carbons (Fsp3) is 0.538.